The van der Waals surface area contributed by atoms with Crippen LogP contribution in [0.1, 0.15) is 5.56 Å². The summed E-state index contributed by atoms with van der Waals surface area (Å²) in [5.41, 5.74) is 1.49. The lowest BCUT2D eigenvalue weighted by Crippen LogP contribution is -1.90. The Morgan fingerprint density at radius 1 is 1.58 bits per heavy atom. The Morgan fingerprint density at radius 3 is 3.17 bits per heavy atom. The summed E-state index contributed by atoms with van der Waals surface area (Å²) in [5.74, 6) is 0. The van der Waals surface area contributed by atoms with Gasteiger partial charge in [-0.3, -0.25) is 4.40 Å². The van der Waals surface area contributed by atoms with Gasteiger partial charge >= 0.3 is 0 Å². The highest BCUT2D eigenvalue weighted by Crippen LogP contribution is 2.15. The first-order valence-electron chi connectivity index (χ1n) is 3.54. The van der Waals surface area contributed by atoms with Gasteiger partial charge in [0.25, 0.3) is 0 Å². The fraction of sp³-hybridized carbons (Fsp3) is 0.125. The molecule has 0 saturated heterocycles. The van der Waals surface area contributed by atoms with Gasteiger partial charge in [-0.15, -0.1) is 0 Å². The Balaban J connectivity index is 2.81. The Labute approximate surface area is 74.2 Å². The van der Waals surface area contributed by atoms with Crippen LogP contribution in [0.2, 0.25) is 5.15 Å². The lowest BCUT2D eigenvalue weighted by atomic mass is 10.3. The lowest BCUT2D eigenvalue weighted by molar-refractivity contribution is 0.282. The number of fused-ring (bicyclic) bond motifs is 1. The second kappa shape index (κ2) is 2.77. The van der Waals surface area contributed by atoms with E-state index in [1.807, 2.05) is 18.3 Å². The van der Waals surface area contributed by atoms with Crippen molar-refractivity contribution in [1.82, 2.24) is 9.38 Å². The van der Waals surface area contributed by atoms with Crippen molar-refractivity contribution in [3.63, 3.8) is 0 Å². The molecule has 0 spiro atoms. The van der Waals surface area contributed by atoms with Crippen LogP contribution in [-0.2, 0) is 6.61 Å². The van der Waals surface area contributed by atoms with Crippen molar-refractivity contribution in [3.8, 4) is 0 Å². The van der Waals surface area contributed by atoms with Crippen molar-refractivity contribution in [2.45, 2.75) is 6.61 Å². The molecule has 2 heterocycles. The van der Waals surface area contributed by atoms with Crippen LogP contribution in [0.15, 0.2) is 24.5 Å². The summed E-state index contributed by atoms with van der Waals surface area (Å²) in [5, 5.41) is 9.50. The van der Waals surface area contributed by atoms with E-state index in [1.54, 1.807) is 10.6 Å². The summed E-state index contributed by atoms with van der Waals surface area (Å²) >= 11 is 5.82. The maximum absolute atomic E-state index is 8.95. The number of aliphatic hydroxyl groups excluding tert-OH is 1. The molecule has 3 nitrogen and oxygen atoms in total. The van der Waals surface area contributed by atoms with Gasteiger partial charge in [0.05, 0.1) is 12.8 Å². The predicted molar refractivity (Wildman–Crippen MR) is 46.1 cm³/mol. The number of imidazole rings is 1. The molecule has 0 aromatic carbocycles. The van der Waals surface area contributed by atoms with Crippen molar-refractivity contribution in [2.24, 2.45) is 0 Å². The van der Waals surface area contributed by atoms with E-state index in [-0.39, 0.29) is 6.61 Å². The van der Waals surface area contributed by atoms with Crippen molar-refractivity contribution >= 4 is 17.2 Å². The molecule has 0 saturated carbocycles. The standard InChI is InChI=1S/C8H7ClN2O/c9-7-4-10-8-6(5-12)2-1-3-11(7)8/h1-4,12H,5H2. The van der Waals surface area contributed by atoms with Crippen LogP contribution < -0.4 is 0 Å². The molecular formula is C8H7ClN2O. The van der Waals surface area contributed by atoms with Gasteiger partial charge in [-0.25, -0.2) is 4.98 Å². The first-order chi connectivity index (χ1) is 5.83. The molecule has 2 rings (SSSR count). The van der Waals surface area contributed by atoms with Gasteiger partial charge in [-0.2, -0.15) is 0 Å². The second-order valence-electron chi connectivity index (χ2n) is 2.47. The van der Waals surface area contributed by atoms with Crippen LogP contribution in [0.25, 0.3) is 5.65 Å². The first-order valence-corrected chi connectivity index (χ1v) is 3.92. The maximum atomic E-state index is 8.95. The number of halogens is 1. The van der Waals surface area contributed by atoms with E-state index in [0.29, 0.717) is 10.8 Å². The van der Waals surface area contributed by atoms with Crippen molar-refractivity contribution < 1.29 is 5.11 Å². The fourth-order valence-electron chi connectivity index (χ4n) is 1.16. The number of hydrogen-bond donors (Lipinski definition) is 1. The lowest BCUT2D eigenvalue weighted by Gasteiger charge is -1.98. The van der Waals surface area contributed by atoms with E-state index in [2.05, 4.69) is 4.98 Å². The number of aromatic nitrogens is 2. The van der Waals surface area contributed by atoms with E-state index in [4.69, 9.17) is 16.7 Å². The molecular weight excluding hydrogens is 176 g/mol. The van der Waals surface area contributed by atoms with Gasteiger partial charge in [0, 0.05) is 11.8 Å². The minimum absolute atomic E-state index is 0.0162. The molecule has 12 heavy (non-hydrogen) atoms. The van der Waals surface area contributed by atoms with Crippen LogP contribution in [0, 0.1) is 0 Å². The molecule has 0 radical (unpaired) electrons. The van der Waals surface area contributed by atoms with Crippen molar-refractivity contribution in [1.29, 1.82) is 0 Å². The molecule has 0 aliphatic heterocycles. The zero-order chi connectivity index (χ0) is 8.55. The Bertz CT molecular complexity index is 410. The topological polar surface area (TPSA) is 37.5 Å². The first kappa shape index (κ1) is 7.58. The van der Waals surface area contributed by atoms with Gasteiger partial charge in [0.2, 0.25) is 0 Å². The molecule has 1 N–H and O–H groups in total. The highest BCUT2D eigenvalue weighted by Gasteiger charge is 2.03. The largest absolute Gasteiger partial charge is 0.392 e. The Hall–Kier alpha value is -1.06. The monoisotopic (exact) mass is 182 g/mol. The van der Waals surface area contributed by atoms with Gasteiger partial charge in [0.15, 0.2) is 0 Å². The molecule has 0 aliphatic carbocycles. The van der Waals surface area contributed by atoms with Crippen LogP contribution in [-0.4, -0.2) is 14.5 Å². The van der Waals surface area contributed by atoms with Gasteiger partial charge in [-0.1, -0.05) is 17.7 Å². The summed E-state index contributed by atoms with van der Waals surface area (Å²) in [4.78, 5) is 4.06. The zero-order valence-electron chi connectivity index (χ0n) is 6.24. The van der Waals surface area contributed by atoms with E-state index >= 15 is 0 Å². The quantitative estimate of drug-likeness (QED) is 0.726. The van der Waals surface area contributed by atoms with E-state index in [1.165, 1.54) is 0 Å². The van der Waals surface area contributed by atoms with Crippen LogP contribution in [0.3, 0.4) is 0 Å². The molecule has 0 amide bonds. The number of nitrogens with zero attached hydrogens (tertiary/aromatic N) is 2. The third-order valence-electron chi connectivity index (χ3n) is 1.74. The summed E-state index contributed by atoms with van der Waals surface area (Å²) in [6.45, 7) is -0.0162. The molecule has 2 aromatic rings. The van der Waals surface area contributed by atoms with E-state index in [9.17, 15) is 0 Å². The van der Waals surface area contributed by atoms with Crippen LogP contribution >= 0.6 is 11.6 Å². The summed E-state index contributed by atoms with van der Waals surface area (Å²) in [6, 6.07) is 3.64. The van der Waals surface area contributed by atoms with E-state index < -0.39 is 0 Å². The summed E-state index contributed by atoms with van der Waals surface area (Å²) in [7, 11) is 0. The average Bonchev–Trinajstić information content (AvgIpc) is 2.48. The molecule has 0 fully saturated rings. The van der Waals surface area contributed by atoms with Crippen LogP contribution in [0.5, 0.6) is 0 Å². The molecule has 0 atom stereocenters. The molecule has 4 heteroatoms. The smallest absolute Gasteiger partial charge is 0.143 e. The highest BCUT2D eigenvalue weighted by atomic mass is 35.5. The molecule has 2 aromatic heterocycles. The molecule has 62 valence electrons. The van der Waals surface area contributed by atoms with E-state index in [0.717, 1.165) is 5.56 Å². The van der Waals surface area contributed by atoms with Crippen molar-refractivity contribution in [3.05, 3.63) is 35.2 Å². The molecule has 0 unspecified atom stereocenters. The summed E-state index contributed by atoms with van der Waals surface area (Å²) < 4.78 is 1.73. The fourth-order valence-corrected chi connectivity index (χ4v) is 1.35. The maximum Gasteiger partial charge on any atom is 0.143 e. The number of hydrogen-bond acceptors (Lipinski definition) is 2. The van der Waals surface area contributed by atoms with Gasteiger partial charge < -0.3 is 5.11 Å². The molecule has 0 aliphatic rings. The van der Waals surface area contributed by atoms with Crippen LogP contribution in [0.4, 0.5) is 0 Å². The van der Waals surface area contributed by atoms with Gasteiger partial charge in [0.1, 0.15) is 10.8 Å². The van der Waals surface area contributed by atoms with Gasteiger partial charge in [-0.05, 0) is 6.07 Å². The zero-order valence-corrected chi connectivity index (χ0v) is 6.99. The second-order valence-corrected chi connectivity index (χ2v) is 2.85. The third kappa shape index (κ3) is 0.983. The molecule has 0 bridgehead atoms. The Kier molecular flexibility index (Phi) is 1.75. The predicted octanol–water partition coefficient (Wildman–Crippen LogP) is 1.48. The van der Waals surface area contributed by atoms with Crippen molar-refractivity contribution in [2.75, 3.05) is 0 Å². The minimum Gasteiger partial charge on any atom is -0.392 e. The summed E-state index contributed by atoms with van der Waals surface area (Å²) in [6.07, 6.45) is 3.37. The number of rotatable bonds is 1. The highest BCUT2D eigenvalue weighted by molar-refractivity contribution is 6.29. The minimum atomic E-state index is -0.0162. The number of pyridine rings is 1. The normalized spacial score (nSPS) is 10.8. The third-order valence-corrected chi connectivity index (χ3v) is 2.02. The average molecular weight is 183 g/mol. The SMILES string of the molecule is OCc1cccn2c(Cl)cnc12. The number of aliphatic hydroxyl groups is 1. The Morgan fingerprint density at radius 2 is 2.42 bits per heavy atom.